The Labute approximate surface area is 98.4 Å². The summed E-state index contributed by atoms with van der Waals surface area (Å²) in [5.74, 6) is 1.22. The van der Waals surface area contributed by atoms with Gasteiger partial charge in [0.1, 0.15) is 17.9 Å². The van der Waals surface area contributed by atoms with E-state index >= 15 is 0 Å². The standard InChI is InChI=1S/C11H14N2O4/c1-11(13,10(12)14)5-15-7-2-3-8-9(4-7)17-6-16-8/h2-4H,5-6,13H2,1H3,(H2,12,14). The predicted octanol–water partition coefficient (Wildman–Crippen LogP) is -0.00320. The molecule has 2 rings (SSSR count). The average molecular weight is 238 g/mol. The first-order valence-electron chi connectivity index (χ1n) is 5.10. The first kappa shape index (κ1) is 11.5. The number of rotatable bonds is 4. The summed E-state index contributed by atoms with van der Waals surface area (Å²) in [4.78, 5) is 11.0. The van der Waals surface area contributed by atoms with Crippen LogP contribution in [0.3, 0.4) is 0 Å². The van der Waals surface area contributed by atoms with Crippen LogP contribution < -0.4 is 25.7 Å². The van der Waals surface area contributed by atoms with Crippen LogP contribution in [0.5, 0.6) is 17.2 Å². The normalized spacial score (nSPS) is 16.4. The van der Waals surface area contributed by atoms with E-state index in [4.69, 9.17) is 25.7 Å². The second kappa shape index (κ2) is 4.14. The van der Waals surface area contributed by atoms with Crippen LogP contribution in [0, 0.1) is 0 Å². The van der Waals surface area contributed by atoms with Crippen LogP contribution in [0.1, 0.15) is 6.92 Å². The molecule has 1 heterocycles. The Balaban J connectivity index is 2.03. The van der Waals surface area contributed by atoms with Gasteiger partial charge < -0.3 is 25.7 Å². The van der Waals surface area contributed by atoms with E-state index in [0.717, 1.165) is 0 Å². The Morgan fingerprint density at radius 2 is 2.18 bits per heavy atom. The third-order valence-corrected chi connectivity index (χ3v) is 2.45. The van der Waals surface area contributed by atoms with Crippen LogP contribution in [0.4, 0.5) is 0 Å². The molecule has 0 aromatic heterocycles. The maximum absolute atomic E-state index is 11.0. The minimum Gasteiger partial charge on any atom is -0.491 e. The number of hydrogen-bond donors (Lipinski definition) is 2. The summed E-state index contributed by atoms with van der Waals surface area (Å²) < 4.78 is 15.7. The lowest BCUT2D eigenvalue weighted by atomic mass is 10.1. The molecule has 0 radical (unpaired) electrons. The van der Waals surface area contributed by atoms with Crippen molar-refractivity contribution in [3.8, 4) is 17.2 Å². The summed E-state index contributed by atoms with van der Waals surface area (Å²) in [7, 11) is 0. The van der Waals surface area contributed by atoms with E-state index < -0.39 is 11.4 Å². The Bertz CT molecular complexity index is 445. The number of benzene rings is 1. The molecule has 6 heteroatoms. The quantitative estimate of drug-likeness (QED) is 0.769. The molecule has 6 nitrogen and oxygen atoms in total. The molecule has 1 aliphatic heterocycles. The van der Waals surface area contributed by atoms with E-state index in [1.165, 1.54) is 6.92 Å². The van der Waals surface area contributed by atoms with Crippen LogP contribution in [0.15, 0.2) is 18.2 Å². The summed E-state index contributed by atoms with van der Waals surface area (Å²) in [6.07, 6.45) is 0. The second-order valence-corrected chi connectivity index (χ2v) is 4.09. The van der Waals surface area contributed by atoms with Gasteiger partial charge >= 0.3 is 0 Å². The zero-order valence-corrected chi connectivity index (χ0v) is 9.43. The number of carbonyl (C=O) groups excluding carboxylic acids is 1. The molecular formula is C11H14N2O4. The molecule has 1 aliphatic rings. The molecule has 0 fully saturated rings. The molecule has 1 aromatic carbocycles. The van der Waals surface area contributed by atoms with E-state index in [1.807, 2.05) is 0 Å². The van der Waals surface area contributed by atoms with Crippen molar-refractivity contribution in [2.24, 2.45) is 11.5 Å². The molecule has 17 heavy (non-hydrogen) atoms. The first-order valence-corrected chi connectivity index (χ1v) is 5.10. The summed E-state index contributed by atoms with van der Waals surface area (Å²) in [5.41, 5.74) is 9.60. The average Bonchev–Trinajstić information content (AvgIpc) is 2.73. The third kappa shape index (κ3) is 2.42. The smallest absolute Gasteiger partial charge is 0.240 e. The highest BCUT2D eigenvalue weighted by molar-refractivity contribution is 5.84. The van der Waals surface area contributed by atoms with Gasteiger partial charge in [0, 0.05) is 6.07 Å². The number of ether oxygens (including phenoxy) is 3. The van der Waals surface area contributed by atoms with Crippen molar-refractivity contribution in [3.63, 3.8) is 0 Å². The lowest BCUT2D eigenvalue weighted by Gasteiger charge is -2.20. The number of amides is 1. The minimum atomic E-state index is -1.20. The highest BCUT2D eigenvalue weighted by Gasteiger charge is 2.27. The number of carbonyl (C=O) groups is 1. The largest absolute Gasteiger partial charge is 0.491 e. The highest BCUT2D eigenvalue weighted by atomic mass is 16.7. The van der Waals surface area contributed by atoms with Gasteiger partial charge in [-0.3, -0.25) is 4.79 Å². The Morgan fingerprint density at radius 3 is 2.88 bits per heavy atom. The SMILES string of the molecule is CC(N)(COc1ccc2c(c1)OCO2)C(N)=O. The fraction of sp³-hybridized carbons (Fsp3) is 0.364. The fourth-order valence-corrected chi connectivity index (χ4v) is 1.27. The molecule has 1 unspecified atom stereocenters. The minimum absolute atomic E-state index is 0.00196. The fourth-order valence-electron chi connectivity index (χ4n) is 1.27. The van der Waals surface area contributed by atoms with Gasteiger partial charge in [-0.1, -0.05) is 0 Å². The van der Waals surface area contributed by atoms with E-state index in [0.29, 0.717) is 17.2 Å². The molecular weight excluding hydrogens is 224 g/mol. The van der Waals surface area contributed by atoms with Gasteiger partial charge in [-0.15, -0.1) is 0 Å². The molecule has 92 valence electrons. The number of nitrogens with two attached hydrogens (primary N) is 2. The van der Waals surface area contributed by atoms with Crippen molar-refractivity contribution >= 4 is 5.91 Å². The molecule has 0 aliphatic carbocycles. The van der Waals surface area contributed by atoms with Gasteiger partial charge in [0.25, 0.3) is 0 Å². The van der Waals surface area contributed by atoms with E-state index in [9.17, 15) is 4.79 Å². The van der Waals surface area contributed by atoms with Crippen LogP contribution in [0.25, 0.3) is 0 Å². The second-order valence-electron chi connectivity index (χ2n) is 4.09. The van der Waals surface area contributed by atoms with Crippen molar-refractivity contribution in [1.29, 1.82) is 0 Å². The van der Waals surface area contributed by atoms with Crippen LogP contribution in [-0.2, 0) is 4.79 Å². The van der Waals surface area contributed by atoms with Gasteiger partial charge in [-0.2, -0.15) is 0 Å². The van der Waals surface area contributed by atoms with Crippen molar-refractivity contribution in [2.75, 3.05) is 13.4 Å². The maximum atomic E-state index is 11.0. The maximum Gasteiger partial charge on any atom is 0.240 e. The number of fused-ring (bicyclic) bond motifs is 1. The topological polar surface area (TPSA) is 96.8 Å². The van der Waals surface area contributed by atoms with E-state index in [1.54, 1.807) is 18.2 Å². The van der Waals surface area contributed by atoms with Crippen LogP contribution in [-0.4, -0.2) is 24.8 Å². The molecule has 4 N–H and O–H groups in total. The molecule has 1 aromatic rings. The Morgan fingerprint density at radius 1 is 1.47 bits per heavy atom. The summed E-state index contributed by atoms with van der Waals surface area (Å²) in [5, 5.41) is 0. The third-order valence-electron chi connectivity index (χ3n) is 2.45. The van der Waals surface area contributed by atoms with Gasteiger partial charge in [-0.05, 0) is 19.1 Å². The molecule has 1 amide bonds. The number of hydrogen-bond acceptors (Lipinski definition) is 5. The van der Waals surface area contributed by atoms with Gasteiger partial charge in [0.05, 0.1) is 0 Å². The molecule has 0 saturated carbocycles. The van der Waals surface area contributed by atoms with Gasteiger partial charge in [0.2, 0.25) is 12.7 Å². The molecule has 0 saturated heterocycles. The molecule has 0 spiro atoms. The lowest BCUT2D eigenvalue weighted by molar-refractivity contribution is -0.123. The van der Waals surface area contributed by atoms with Crippen molar-refractivity contribution in [2.45, 2.75) is 12.5 Å². The predicted molar refractivity (Wildman–Crippen MR) is 59.8 cm³/mol. The summed E-state index contributed by atoms with van der Waals surface area (Å²) >= 11 is 0. The molecule has 1 atom stereocenters. The number of primary amides is 1. The van der Waals surface area contributed by atoms with Gasteiger partial charge in [0.15, 0.2) is 11.5 Å². The van der Waals surface area contributed by atoms with E-state index in [2.05, 4.69) is 0 Å². The highest BCUT2D eigenvalue weighted by Crippen LogP contribution is 2.35. The van der Waals surface area contributed by atoms with Crippen LogP contribution in [0.2, 0.25) is 0 Å². The summed E-state index contributed by atoms with van der Waals surface area (Å²) in [6.45, 7) is 1.72. The molecule has 0 bridgehead atoms. The van der Waals surface area contributed by atoms with E-state index in [-0.39, 0.29) is 13.4 Å². The zero-order chi connectivity index (χ0) is 12.5. The van der Waals surface area contributed by atoms with Crippen LogP contribution >= 0.6 is 0 Å². The Kier molecular flexibility index (Phi) is 2.81. The zero-order valence-electron chi connectivity index (χ0n) is 9.43. The lowest BCUT2D eigenvalue weighted by Crippen LogP contribution is -2.53. The van der Waals surface area contributed by atoms with Crippen molar-refractivity contribution in [1.82, 2.24) is 0 Å². The summed E-state index contributed by atoms with van der Waals surface area (Å²) in [6, 6.07) is 5.12. The van der Waals surface area contributed by atoms with Crippen molar-refractivity contribution < 1.29 is 19.0 Å². The van der Waals surface area contributed by atoms with Crippen molar-refractivity contribution in [3.05, 3.63) is 18.2 Å². The Hall–Kier alpha value is -1.95. The monoisotopic (exact) mass is 238 g/mol. The van der Waals surface area contributed by atoms with Gasteiger partial charge in [-0.25, -0.2) is 0 Å². The first-order chi connectivity index (χ1) is 7.99.